The lowest BCUT2D eigenvalue weighted by molar-refractivity contribution is 0.578. The normalized spacial score (nSPS) is 11.8. The van der Waals surface area contributed by atoms with Crippen LogP contribution in [0.5, 0.6) is 0 Å². The summed E-state index contributed by atoms with van der Waals surface area (Å²) in [5.74, 6) is 2.29. The number of nitrogens with one attached hydrogen (secondary N) is 1. The summed E-state index contributed by atoms with van der Waals surface area (Å²) >= 11 is 0. The standard InChI is InChI=1S/C29H39N7/c1-9-11-16-35-27(22-14-12-19(3)13-15-22)23(10-2)28(34-35)32-24-17-25(31-18-30-24)36-21(5)26(20(4)33-36)29(6,7)8/h12-15,17-18H,9-11,16H2,1-8H3,(H,30,31,32,34). The minimum absolute atomic E-state index is 0.00819. The fourth-order valence-electron chi connectivity index (χ4n) is 5.04. The molecule has 7 nitrogen and oxygen atoms in total. The van der Waals surface area contributed by atoms with Crippen molar-refractivity contribution < 1.29 is 0 Å². The van der Waals surface area contributed by atoms with Crippen LogP contribution in [-0.4, -0.2) is 29.5 Å². The average Bonchev–Trinajstić information content (AvgIpc) is 3.33. The van der Waals surface area contributed by atoms with E-state index < -0.39 is 0 Å². The van der Waals surface area contributed by atoms with Crippen molar-refractivity contribution in [3.8, 4) is 17.1 Å². The first-order chi connectivity index (χ1) is 17.1. The lowest BCUT2D eigenvalue weighted by Gasteiger charge is -2.19. The summed E-state index contributed by atoms with van der Waals surface area (Å²) in [6.45, 7) is 18.2. The minimum Gasteiger partial charge on any atom is -0.323 e. The number of hydrogen-bond acceptors (Lipinski definition) is 5. The van der Waals surface area contributed by atoms with Crippen LogP contribution in [0.3, 0.4) is 0 Å². The summed E-state index contributed by atoms with van der Waals surface area (Å²) in [4.78, 5) is 9.05. The molecular weight excluding hydrogens is 446 g/mol. The monoisotopic (exact) mass is 485 g/mol. The number of aryl methyl sites for hydroxylation is 3. The van der Waals surface area contributed by atoms with Crippen molar-refractivity contribution in [1.82, 2.24) is 29.5 Å². The van der Waals surface area contributed by atoms with Gasteiger partial charge in [0.25, 0.3) is 0 Å². The second-order valence-corrected chi connectivity index (χ2v) is 10.6. The van der Waals surface area contributed by atoms with Gasteiger partial charge in [-0.05, 0) is 39.0 Å². The van der Waals surface area contributed by atoms with E-state index >= 15 is 0 Å². The SMILES string of the molecule is CCCCn1nc(Nc2cc(-n3nc(C)c(C(C)(C)C)c3C)ncn2)c(CC)c1-c1ccc(C)cc1. The fraction of sp³-hybridized carbons (Fsp3) is 0.448. The van der Waals surface area contributed by atoms with Crippen LogP contribution in [0.25, 0.3) is 17.1 Å². The van der Waals surface area contributed by atoms with Crippen LogP contribution in [0.4, 0.5) is 11.6 Å². The first-order valence-corrected chi connectivity index (χ1v) is 13.0. The molecule has 0 aliphatic heterocycles. The zero-order chi connectivity index (χ0) is 26.0. The number of aromatic nitrogens is 6. The minimum atomic E-state index is 0.00819. The molecule has 0 fully saturated rings. The van der Waals surface area contributed by atoms with E-state index in [1.165, 1.54) is 27.9 Å². The summed E-state index contributed by atoms with van der Waals surface area (Å²) in [6.07, 6.45) is 4.65. The molecule has 1 N–H and O–H groups in total. The van der Waals surface area contributed by atoms with E-state index in [0.717, 1.165) is 48.8 Å². The van der Waals surface area contributed by atoms with Gasteiger partial charge in [0, 0.05) is 35.0 Å². The Kier molecular flexibility index (Phi) is 7.29. The number of unbranched alkanes of at least 4 members (excludes halogenated alkanes) is 1. The van der Waals surface area contributed by atoms with Crippen molar-refractivity contribution in [3.05, 3.63) is 64.7 Å². The Morgan fingerprint density at radius 1 is 0.944 bits per heavy atom. The Bertz CT molecular complexity index is 1340. The second-order valence-electron chi connectivity index (χ2n) is 10.6. The molecule has 4 rings (SSSR count). The molecular formula is C29H39N7. The number of anilines is 2. The van der Waals surface area contributed by atoms with E-state index in [1.54, 1.807) is 6.33 Å². The predicted molar refractivity (Wildman–Crippen MR) is 147 cm³/mol. The third-order valence-electron chi connectivity index (χ3n) is 6.61. The number of hydrogen-bond donors (Lipinski definition) is 1. The molecule has 3 aromatic heterocycles. The average molecular weight is 486 g/mol. The maximum Gasteiger partial charge on any atom is 0.159 e. The van der Waals surface area contributed by atoms with Gasteiger partial charge in [-0.15, -0.1) is 0 Å². The quantitative estimate of drug-likeness (QED) is 0.295. The Morgan fingerprint density at radius 3 is 2.28 bits per heavy atom. The molecule has 0 spiro atoms. The maximum atomic E-state index is 5.01. The van der Waals surface area contributed by atoms with Gasteiger partial charge in [-0.25, -0.2) is 14.6 Å². The van der Waals surface area contributed by atoms with Gasteiger partial charge in [-0.2, -0.15) is 10.2 Å². The Hall–Kier alpha value is -3.48. The van der Waals surface area contributed by atoms with Gasteiger partial charge in [-0.3, -0.25) is 4.68 Å². The highest BCUT2D eigenvalue weighted by molar-refractivity contribution is 5.72. The molecule has 36 heavy (non-hydrogen) atoms. The number of nitrogens with zero attached hydrogens (tertiary/aromatic N) is 6. The predicted octanol–water partition coefficient (Wildman–Crippen LogP) is 6.85. The smallest absolute Gasteiger partial charge is 0.159 e. The molecule has 0 unspecified atom stereocenters. The van der Waals surface area contributed by atoms with Crippen molar-refractivity contribution in [3.63, 3.8) is 0 Å². The molecule has 1 aromatic carbocycles. The number of rotatable bonds is 8. The Balaban J connectivity index is 1.74. The lowest BCUT2D eigenvalue weighted by atomic mass is 9.85. The molecule has 0 saturated heterocycles. The number of benzene rings is 1. The van der Waals surface area contributed by atoms with Crippen molar-refractivity contribution >= 4 is 11.6 Å². The molecule has 0 aliphatic rings. The van der Waals surface area contributed by atoms with Gasteiger partial charge in [0.15, 0.2) is 11.6 Å². The topological polar surface area (TPSA) is 73.5 Å². The van der Waals surface area contributed by atoms with Crippen molar-refractivity contribution in [2.75, 3.05) is 5.32 Å². The van der Waals surface area contributed by atoms with Crippen LogP contribution < -0.4 is 5.32 Å². The summed E-state index contributed by atoms with van der Waals surface area (Å²) in [5.41, 5.74) is 8.20. The van der Waals surface area contributed by atoms with Crippen LogP contribution in [0, 0.1) is 20.8 Å². The Labute approximate surface area is 215 Å². The van der Waals surface area contributed by atoms with Crippen LogP contribution in [0.15, 0.2) is 36.7 Å². The summed E-state index contributed by atoms with van der Waals surface area (Å²) in [6, 6.07) is 10.7. The fourth-order valence-corrected chi connectivity index (χ4v) is 5.04. The van der Waals surface area contributed by atoms with E-state index in [1.807, 2.05) is 10.7 Å². The van der Waals surface area contributed by atoms with E-state index in [9.17, 15) is 0 Å². The van der Waals surface area contributed by atoms with Crippen LogP contribution in [0.1, 0.15) is 75.5 Å². The van der Waals surface area contributed by atoms with Crippen LogP contribution in [0.2, 0.25) is 0 Å². The van der Waals surface area contributed by atoms with Gasteiger partial charge >= 0.3 is 0 Å². The van der Waals surface area contributed by atoms with Crippen molar-refractivity contribution in [2.24, 2.45) is 0 Å². The van der Waals surface area contributed by atoms with Gasteiger partial charge in [-0.1, -0.05) is 70.9 Å². The van der Waals surface area contributed by atoms with E-state index in [-0.39, 0.29) is 5.41 Å². The summed E-state index contributed by atoms with van der Waals surface area (Å²) < 4.78 is 4.06. The molecule has 0 atom stereocenters. The first kappa shape index (κ1) is 25.6. The van der Waals surface area contributed by atoms with Crippen molar-refractivity contribution in [1.29, 1.82) is 0 Å². The Morgan fingerprint density at radius 2 is 1.67 bits per heavy atom. The zero-order valence-corrected chi connectivity index (χ0v) is 23.0. The van der Waals surface area contributed by atoms with Crippen molar-refractivity contribution in [2.45, 2.75) is 86.6 Å². The van der Waals surface area contributed by atoms with E-state index in [0.29, 0.717) is 5.82 Å². The van der Waals surface area contributed by atoms with Gasteiger partial charge in [0.05, 0.1) is 11.4 Å². The third-order valence-corrected chi connectivity index (χ3v) is 6.61. The molecule has 0 amide bonds. The van der Waals surface area contributed by atoms with Crippen LogP contribution >= 0.6 is 0 Å². The molecule has 190 valence electrons. The molecule has 4 aromatic rings. The largest absolute Gasteiger partial charge is 0.323 e. The molecule has 0 aliphatic carbocycles. The van der Waals surface area contributed by atoms with Gasteiger partial charge < -0.3 is 5.32 Å². The maximum absolute atomic E-state index is 5.01. The van der Waals surface area contributed by atoms with E-state index in [2.05, 4.69) is 99.6 Å². The molecule has 0 saturated carbocycles. The first-order valence-electron chi connectivity index (χ1n) is 13.0. The second kappa shape index (κ2) is 10.2. The molecule has 7 heteroatoms. The molecule has 0 bridgehead atoms. The van der Waals surface area contributed by atoms with E-state index in [4.69, 9.17) is 10.2 Å². The highest BCUT2D eigenvalue weighted by atomic mass is 15.3. The highest BCUT2D eigenvalue weighted by Gasteiger charge is 2.25. The zero-order valence-electron chi connectivity index (χ0n) is 23.0. The molecule has 0 radical (unpaired) electrons. The van der Waals surface area contributed by atoms with Gasteiger partial charge in [0.2, 0.25) is 0 Å². The summed E-state index contributed by atoms with van der Waals surface area (Å²) in [5, 5.41) is 13.3. The van der Waals surface area contributed by atoms with Gasteiger partial charge in [0.1, 0.15) is 12.1 Å². The highest BCUT2D eigenvalue weighted by Crippen LogP contribution is 2.33. The summed E-state index contributed by atoms with van der Waals surface area (Å²) in [7, 11) is 0. The molecule has 3 heterocycles. The lowest BCUT2D eigenvalue weighted by Crippen LogP contribution is -2.14. The van der Waals surface area contributed by atoms with Crippen LogP contribution in [-0.2, 0) is 18.4 Å². The third kappa shape index (κ3) is 5.06.